The Bertz CT molecular complexity index is 1690. The van der Waals surface area contributed by atoms with Crippen molar-refractivity contribution in [3.8, 4) is 0 Å². The third kappa shape index (κ3) is 3.04. The first-order valence-electron chi connectivity index (χ1n) is 12.3. The predicted octanol–water partition coefficient (Wildman–Crippen LogP) is 6.31. The minimum Gasteiger partial charge on any atom is -0.350 e. The Balaban J connectivity index is 1.44. The van der Waals surface area contributed by atoms with Crippen molar-refractivity contribution in [1.29, 1.82) is 0 Å². The van der Waals surface area contributed by atoms with Crippen molar-refractivity contribution >= 4 is 39.6 Å². The topological polar surface area (TPSA) is 52.7 Å². The van der Waals surface area contributed by atoms with Gasteiger partial charge in [-0.15, -0.1) is 0 Å². The second kappa shape index (κ2) is 8.07. The van der Waals surface area contributed by atoms with Crippen molar-refractivity contribution in [3.05, 3.63) is 138 Å². The van der Waals surface area contributed by atoms with Crippen LogP contribution < -0.4 is 15.1 Å². The van der Waals surface area contributed by atoms with Crippen molar-refractivity contribution in [2.24, 2.45) is 0 Å². The van der Waals surface area contributed by atoms with Crippen LogP contribution in [-0.4, -0.2) is 11.8 Å². The number of carbonyl (C=O) groups is 2. The van der Waals surface area contributed by atoms with E-state index in [9.17, 15) is 9.59 Å². The van der Waals surface area contributed by atoms with Gasteiger partial charge >= 0.3 is 0 Å². The SMILES string of the molecule is O=C1c2ccccc2N[C@]2(C(=O)N(Cc3cccc4ccccc34)c3ccccc32)N1c1ccccc1. The molecule has 0 bridgehead atoms. The Hall–Kier alpha value is -4.90. The maximum Gasteiger partial charge on any atom is 0.279 e. The number of carbonyl (C=O) groups excluding carboxylic acids is 2. The molecule has 2 aliphatic heterocycles. The quantitative estimate of drug-likeness (QED) is 0.328. The van der Waals surface area contributed by atoms with E-state index in [0.717, 1.165) is 27.6 Å². The predicted molar refractivity (Wildman–Crippen MR) is 147 cm³/mol. The Morgan fingerprint density at radius 3 is 2.27 bits per heavy atom. The van der Waals surface area contributed by atoms with Crippen molar-refractivity contribution < 1.29 is 9.59 Å². The van der Waals surface area contributed by atoms with E-state index in [2.05, 4.69) is 29.6 Å². The molecule has 2 heterocycles. The second-order valence-electron chi connectivity index (χ2n) is 9.40. The van der Waals surface area contributed by atoms with E-state index in [0.29, 0.717) is 23.5 Å². The molecule has 2 amide bonds. The average Bonchev–Trinajstić information content (AvgIpc) is 3.17. The van der Waals surface area contributed by atoms with Gasteiger partial charge in [-0.1, -0.05) is 91.0 Å². The van der Waals surface area contributed by atoms with Crippen LogP contribution in [0.2, 0.25) is 0 Å². The van der Waals surface area contributed by atoms with Gasteiger partial charge in [0.1, 0.15) is 0 Å². The molecular weight excluding hydrogens is 458 g/mol. The largest absolute Gasteiger partial charge is 0.350 e. The van der Waals surface area contributed by atoms with Gasteiger partial charge < -0.3 is 10.2 Å². The summed E-state index contributed by atoms with van der Waals surface area (Å²) in [5, 5.41) is 5.76. The molecule has 7 rings (SSSR count). The van der Waals surface area contributed by atoms with Crippen LogP contribution in [0.1, 0.15) is 21.5 Å². The van der Waals surface area contributed by atoms with Crippen LogP contribution in [0.4, 0.5) is 17.1 Å². The average molecular weight is 482 g/mol. The molecule has 37 heavy (non-hydrogen) atoms. The summed E-state index contributed by atoms with van der Waals surface area (Å²) >= 11 is 0. The summed E-state index contributed by atoms with van der Waals surface area (Å²) in [5.41, 5.74) is 3.03. The molecule has 5 aromatic rings. The van der Waals surface area contributed by atoms with E-state index in [-0.39, 0.29) is 11.8 Å². The molecule has 1 atom stereocenters. The van der Waals surface area contributed by atoms with E-state index in [1.165, 1.54) is 0 Å². The zero-order chi connectivity index (χ0) is 25.0. The molecule has 5 aromatic carbocycles. The van der Waals surface area contributed by atoms with Gasteiger partial charge in [0, 0.05) is 16.9 Å². The molecule has 0 aliphatic carbocycles. The summed E-state index contributed by atoms with van der Waals surface area (Å²) in [6.07, 6.45) is 0. The zero-order valence-corrected chi connectivity index (χ0v) is 20.0. The first-order chi connectivity index (χ1) is 18.2. The highest BCUT2D eigenvalue weighted by Crippen LogP contribution is 2.50. The summed E-state index contributed by atoms with van der Waals surface area (Å²) in [5.74, 6) is -0.399. The smallest absolute Gasteiger partial charge is 0.279 e. The minimum atomic E-state index is -1.41. The van der Waals surface area contributed by atoms with Gasteiger partial charge in [0.15, 0.2) is 0 Å². The van der Waals surface area contributed by atoms with Crippen LogP contribution in [-0.2, 0) is 17.0 Å². The Morgan fingerprint density at radius 2 is 1.38 bits per heavy atom. The normalized spacial score (nSPS) is 18.2. The van der Waals surface area contributed by atoms with Crippen molar-refractivity contribution in [1.82, 2.24) is 0 Å². The van der Waals surface area contributed by atoms with E-state index in [4.69, 9.17) is 0 Å². The molecule has 0 fully saturated rings. The fourth-order valence-corrected chi connectivity index (χ4v) is 5.72. The van der Waals surface area contributed by atoms with Gasteiger partial charge in [-0.25, -0.2) is 0 Å². The molecule has 1 spiro atoms. The number of rotatable bonds is 3. The highest BCUT2D eigenvalue weighted by atomic mass is 16.2. The minimum absolute atomic E-state index is 0.187. The molecule has 5 nitrogen and oxygen atoms in total. The molecular formula is C32H23N3O2. The maximum atomic E-state index is 14.7. The summed E-state index contributed by atoms with van der Waals surface area (Å²) in [6.45, 7) is 0.388. The van der Waals surface area contributed by atoms with Gasteiger partial charge in [0.05, 0.1) is 17.8 Å². The Kier molecular flexibility index (Phi) is 4.66. The van der Waals surface area contributed by atoms with Gasteiger partial charge in [-0.3, -0.25) is 14.5 Å². The van der Waals surface area contributed by atoms with Crippen LogP contribution in [0.15, 0.2) is 121 Å². The van der Waals surface area contributed by atoms with Crippen LogP contribution in [0, 0.1) is 0 Å². The summed E-state index contributed by atoms with van der Waals surface area (Å²) in [7, 11) is 0. The van der Waals surface area contributed by atoms with E-state index in [1.807, 2.05) is 91.0 Å². The summed E-state index contributed by atoms with van der Waals surface area (Å²) < 4.78 is 0. The number of benzene rings is 5. The number of para-hydroxylation sites is 3. The number of nitrogens with zero attached hydrogens (tertiary/aromatic N) is 2. The van der Waals surface area contributed by atoms with Gasteiger partial charge in [0.25, 0.3) is 11.8 Å². The molecule has 2 aliphatic rings. The maximum absolute atomic E-state index is 14.7. The number of anilines is 3. The highest BCUT2D eigenvalue weighted by molar-refractivity contribution is 6.22. The second-order valence-corrected chi connectivity index (χ2v) is 9.40. The van der Waals surface area contributed by atoms with Gasteiger partial charge in [-0.2, -0.15) is 0 Å². The van der Waals surface area contributed by atoms with Crippen LogP contribution in [0.25, 0.3) is 10.8 Å². The molecule has 0 unspecified atom stereocenters. The molecule has 178 valence electrons. The first-order valence-corrected chi connectivity index (χ1v) is 12.3. The molecule has 0 aromatic heterocycles. The molecule has 0 saturated carbocycles. The zero-order valence-electron chi connectivity index (χ0n) is 20.0. The fourth-order valence-electron chi connectivity index (χ4n) is 5.72. The highest BCUT2D eigenvalue weighted by Gasteiger charge is 2.59. The number of hydrogen-bond acceptors (Lipinski definition) is 3. The van der Waals surface area contributed by atoms with E-state index in [1.54, 1.807) is 15.9 Å². The number of hydrogen-bond donors (Lipinski definition) is 1. The van der Waals surface area contributed by atoms with Gasteiger partial charge in [0.2, 0.25) is 5.66 Å². The van der Waals surface area contributed by atoms with Crippen molar-refractivity contribution in [3.63, 3.8) is 0 Å². The molecule has 0 radical (unpaired) electrons. The monoisotopic (exact) mass is 481 g/mol. The van der Waals surface area contributed by atoms with Crippen LogP contribution >= 0.6 is 0 Å². The lowest BCUT2D eigenvalue weighted by Gasteiger charge is -2.45. The van der Waals surface area contributed by atoms with E-state index >= 15 is 0 Å². The summed E-state index contributed by atoms with van der Waals surface area (Å²) in [4.78, 5) is 32.2. The number of fused-ring (bicyclic) bond motifs is 4. The fraction of sp³-hybridized carbons (Fsp3) is 0.0625. The first kappa shape index (κ1) is 21.4. The van der Waals surface area contributed by atoms with Crippen LogP contribution in [0.3, 0.4) is 0 Å². The molecule has 0 saturated heterocycles. The molecule has 5 heteroatoms. The summed E-state index contributed by atoms with van der Waals surface area (Å²) in [6, 6.07) is 38.9. The van der Waals surface area contributed by atoms with Gasteiger partial charge in [-0.05, 0) is 46.7 Å². The van der Waals surface area contributed by atoms with Crippen molar-refractivity contribution in [2.75, 3.05) is 15.1 Å². The Morgan fingerprint density at radius 1 is 0.676 bits per heavy atom. The lowest BCUT2D eigenvalue weighted by molar-refractivity contribution is -0.122. The molecule has 1 N–H and O–H groups in total. The number of amides is 2. The van der Waals surface area contributed by atoms with E-state index < -0.39 is 5.66 Å². The Labute approximate surface area is 214 Å². The lowest BCUT2D eigenvalue weighted by atomic mass is 9.92. The van der Waals surface area contributed by atoms with Crippen molar-refractivity contribution in [2.45, 2.75) is 12.2 Å². The number of nitrogens with one attached hydrogen (secondary N) is 1. The third-order valence-electron chi connectivity index (χ3n) is 7.37. The van der Waals surface area contributed by atoms with Crippen LogP contribution in [0.5, 0.6) is 0 Å². The third-order valence-corrected chi connectivity index (χ3v) is 7.37. The lowest BCUT2D eigenvalue weighted by Crippen LogP contribution is -2.63. The standard InChI is InChI=1S/C32H23N3O2/c36-30-26-17-6-8-19-28(26)33-32(35(30)24-14-2-1-3-15-24)27-18-7-9-20-29(27)34(31(32)37)21-23-13-10-12-22-11-4-5-16-25(22)23/h1-20,33H,21H2/t32-/m0/s1.